The minimum atomic E-state index is -4.76. The molecule has 0 atom stereocenters. The molecule has 0 bridgehead atoms. The number of carboxylic acids is 1. The molecular formula is C25H21F3N5O3P. The van der Waals surface area contributed by atoms with Gasteiger partial charge in [-0.25, -0.2) is 9.78 Å². The number of alkyl halides is 3. The minimum absolute atomic E-state index is 0.0477. The van der Waals surface area contributed by atoms with Gasteiger partial charge < -0.3 is 20.3 Å². The second-order valence-corrected chi connectivity index (χ2v) is 11.6. The molecule has 0 saturated carbocycles. The Morgan fingerprint density at radius 3 is 2.30 bits per heavy atom. The average molecular weight is 527 g/mol. The molecule has 0 unspecified atom stereocenters. The van der Waals surface area contributed by atoms with Crippen LogP contribution in [0.15, 0.2) is 73.1 Å². The minimum Gasteiger partial charge on any atom is -0.478 e. The van der Waals surface area contributed by atoms with Gasteiger partial charge in [-0.15, -0.1) is 0 Å². The van der Waals surface area contributed by atoms with E-state index in [1.54, 1.807) is 42.6 Å². The van der Waals surface area contributed by atoms with Crippen molar-refractivity contribution in [1.82, 2.24) is 15.0 Å². The lowest BCUT2D eigenvalue weighted by atomic mass is 10.1. The molecule has 0 aliphatic rings. The highest BCUT2D eigenvalue weighted by molar-refractivity contribution is 7.70. The van der Waals surface area contributed by atoms with Crippen LogP contribution in [0.3, 0.4) is 0 Å². The monoisotopic (exact) mass is 527 g/mol. The first kappa shape index (κ1) is 25.8. The number of aromatic carboxylic acids is 1. The van der Waals surface area contributed by atoms with Gasteiger partial charge in [0.2, 0.25) is 5.95 Å². The third kappa shape index (κ3) is 6.13. The maximum Gasteiger partial charge on any atom is 0.421 e. The average Bonchev–Trinajstić information content (AvgIpc) is 2.84. The molecule has 0 fully saturated rings. The van der Waals surface area contributed by atoms with Crippen molar-refractivity contribution in [3.8, 4) is 11.3 Å². The number of carbonyl (C=O) groups is 1. The van der Waals surface area contributed by atoms with E-state index in [0.29, 0.717) is 28.4 Å². The van der Waals surface area contributed by atoms with Gasteiger partial charge in [-0.05, 0) is 61.9 Å². The molecule has 0 spiro atoms. The normalized spacial score (nSPS) is 11.7. The van der Waals surface area contributed by atoms with E-state index in [1.807, 2.05) is 0 Å². The molecule has 0 aliphatic carbocycles. The topological polar surface area (TPSA) is 117 Å². The van der Waals surface area contributed by atoms with E-state index < -0.39 is 30.7 Å². The number of hydrogen-bond acceptors (Lipinski definition) is 7. The molecule has 4 rings (SSSR count). The van der Waals surface area contributed by atoms with Crippen molar-refractivity contribution in [2.24, 2.45) is 0 Å². The Morgan fingerprint density at radius 2 is 1.70 bits per heavy atom. The Bertz CT molecular complexity index is 1490. The first-order valence-electron chi connectivity index (χ1n) is 10.8. The van der Waals surface area contributed by atoms with E-state index in [-0.39, 0.29) is 17.2 Å². The Balaban J connectivity index is 1.73. The lowest BCUT2D eigenvalue weighted by Gasteiger charge is -2.19. The summed E-state index contributed by atoms with van der Waals surface area (Å²) in [6.45, 7) is 3.04. The van der Waals surface area contributed by atoms with E-state index in [1.165, 1.54) is 37.6 Å². The zero-order valence-electron chi connectivity index (χ0n) is 19.6. The summed E-state index contributed by atoms with van der Waals surface area (Å²) >= 11 is 0. The molecule has 3 N–H and O–H groups in total. The number of anilines is 4. The van der Waals surface area contributed by atoms with Crippen LogP contribution in [0.4, 0.5) is 36.3 Å². The van der Waals surface area contributed by atoms with Gasteiger partial charge in [-0.2, -0.15) is 18.2 Å². The largest absolute Gasteiger partial charge is 0.478 e. The standard InChI is InChI=1S/C25H21F3N5O3P/c1-37(2,36)21-13-16(19-5-3-4-12-29-19)8-11-20(21)32-22-18(25(26,27)28)14-30-24(33-22)31-17-9-6-15(7-10-17)23(34)35/h3-14H,1-2H3,(H,34,35)(H2,30,31,32,33). The van der Waals surface area contributed by atoms with Crippen molar-refractivity contribution >= 4 is 41.6 Å². The van der Waals surface area contributed by atoms with E-state index in [0.717, 1.165) is 0 Å². The van der Waals surface area contributed by atoms with Gasteiger partial charge >= 0.3 is 12.1 Å². The molecule has 4 aromatic rings. The lowest BCUT2D eigenvalue weighted by molar-refractivity contribution is -0.137. The quantitative estimate of drug-likeness (QED) is 0.251. The van der Waals surface area contributed by atoms with Crippen LogP contribution in [0.1, 0.15) is 15.9 Å². The molecule has 0 radical (unpaired) electrons. The van der Waals surface area contributed by atoms with Crippen LogP contribution < -0.4 is 15.9 Å². The van der Waals surface area contributed by atoms with Gasteiger partial charge in [0.05, 0.1) is 16.9 Å². The summed E-state index contributed by atoms with van der Waals surface area (Å²) in [4.78, 5) is 23.1. The molecule has 0 aliphatic heterocycles. The summed E-state index contributed by atoms with van der Waals surface area (Å²) in [5.41, 5.74) is 0.808. The highest BCUT2D eigenvalue weighted by atomic mass is 31.2. The van der Waals surface area contributed by atoms with E-state index in [4.69, 9.17) is 5.11 Å². The molecule has 2 heterocycles. The lowest BCUT2D eigenvalue weighted by Crippen LogP contribution is -2.16. The first-order valence-corrected chi connectivity index (χ1v) is 13.4. The van der Waals surface area contributed by atoms with Crippen molar-refractivity contribution in [2.45, 2.75) is 6.18 Å². The maximum atomic E-state index is 13.8. The van der Waals surface area contributed by atoms with E-state index >= 15 is 0 Å². The number of nitrogens with zero attached hydrogens (tertiary/aromatic N) is 3. The van der Waals surface area contributed by atoms with Crippen molar-refractivity contribution < 1.29 is 27.6 Å². The Hall–Kier alpha value is -4.24. The van der Waals surface area contributed by atoms with Crippen LogP contribution in [0, 0.1) is 0 Å². The fraction of sp³-hybridized carbons (Fsp3) is 0.120. The summed E-state index contributed by atoms with van der Waals surface area (Å²) in [5.74, 6) is -1.80. The summed E-state index contributed by atoms with van der Waals surface area (Å²) in [6.07, 6.45) is -2.51. The van der Waals surface area contributed by atoms with Crippen LogP contribution in [0.25, 0.3) is 11.3 Å². The predicted octanol–water partition coefficient (Wildman–Crippen LogP) is 5.99. The van der Waals surface area contributed by atoms with Crippen LogP contribution in [-0.4, -0.2) is 39.4 Å². The number of benzene rings is 2. The van der Waals surface area contributed by atoms with Gasteiger partial charge in [0.25, 0.3) is 0 Å². The van der Waals surface area contributed by atoms with Crippen LogP contribution in [-0.2, 0) is 10.7 Å². The third-order valence-electron chi connectivity index (χ3n) is 5.27. The Labute approximate surface area is 210 Å². The fourth-order valence-corrected chi connectivity index (χ4v) is 4.63. The fourth-order valence-electron chi connectivity index (χ4n) is 3.47. The van der Waals surface area contributed by atoms with Crippen LogP contribution in [0.5, 0.6) is 0 Å². The van der Waals surface area contributed by atoms with Gasteiger partial charge in [0.1, 0.15) is 18.5 Å². The number of hydrogen-bond donors (Lipinski definition) is 3. The molecule has 12 heteroatoms. The van der Waals surface area contributed by atoms with Crippen molar-refractivity contribution in [2.75, 3.05) is 24.0 Å². The second kappa shape index (κ2) is 10.0. The number of nitrogens with one attached hydrogen (secondary N) is 2. The summed E-state index contributed by atoms with van der Waals surface area (Å²) in [5, 5.41) is 14.8. The van der Waals surface area contributed by atoms with Crippen molar-refractivity contribution in [1.29, 1.82) is 0 Å². The van der Waals surface area contributed by atoms with E-state index in [2.05, 4.69) is 25.6 Å². The molecule has 0 amide bonds. The second-order valence-electron chi connectivity index (χ2n) is 8.38. The van der Waals surface area contributed by atoms with Crippen molar-refractivity contribution in [3.63, 3.8) is 0 Å². The maximum absolute atomic E-state index is 13.8. The smallest absolute Gasteiger partial charge is 0.421 e. The molecule has 8 nitrogen and oxygen atoms in total. The van der Waals surface area contributed by atoms with Gasteiger partial charge in [0.15, 0.2) is 0 Å². The summed E-state index contributed by atoms with van der Waals surface area (Å²) < 4.78 is 54.5. The SMILES string of the molecule is CP(C)(=O)c1cc(-c2ccccn2)ccc1Nc1nc(Nc2ccc(C(=O)O)cc2)ncc1C(F)(F)F. The Kier molecular flexibility index (Phi) is 7.00. The molecule has 2 aromatic carbocycles. The molecular weight excluding hydrogens is 506 g/mol. The molecule has 2 aromatic heterocycles. The number of aromatic nitrogens is 3. The Morgan fingerprint density at radius 1 is 0.973 bits per heavy atom. The van der Waals surface area contributed by atoms with Crippen LogP contribution in [0.2, 0.25) is 0 Å². The molecule has 0 saturated heterocycles. The first-order chi connectivity index (χ1) is 17.4. The van der Waals surface area contributed by atoms with Gasteiger partial charge in [-0.1, -0.05) is 12.1 Å². The predicted molar refractivity (Wildman–Crippen MR) is 136 cm³/mol. The van der Waals surface area contributed by atoms with E-state index in [9.17, 15) is 22.5 Å². The van der Waals surface area contributed by atoms with Crippen LogP contribution >= 0.6 is 7.14 Å². The summed E-state index contributed by atoms with van der Waals surface area (Å²) in [6, 6.07) is 15.7. The molecule has 37 heavy (non-hydrogen) atoms. The highest BCUT2D eigenvalue weighted by Crippen LogP contribution is 2.41. The highest BCUT2D eigenvalue weighted by Gasteiger charge is 2.36. The third-order valence-corrected chi connectivity index (χ3v) is 6.80. The van der Waals surface area contributed by atoms with Crippen molar-refractivity contribution in [3.05, 3.63) is 84.2 Å². The number of carboxylic acid groups (broad SMARTS) is 1. The molecule has 190 valence electrons. The zero-order valence-corrected chi connectivity index (χ0v) is 20.5. The number of rotatable bonds is 7. The summed E-state index contributed by atoms with van der Waals surface area (Å²) in [7, 11) is -2.95. The zero-order chi connectivity index (χ0) is 26.8. The van der Waals surface area contributed by atoms with Gasteiger partial charge in [0, 0.05) is 28.9 Å². The number of halogens is 3. The van der Waals surface area contributed by atoms with Gasteiger partial charge in [-0.3, -0.25) is 4.98 Å². The number of pyridine rings is 1.